The monoisotopic (exact) mass is 275 g/mol. The molecule has 1 rings (SSSR count). The summed E-state index contributed by atoms with van der Waals surface area (Å²) in [5.41, 5.74) is 5.24. The van der Waals surface area contributed by atoms with E-state index in [0.717, 1.165) is 12.1 Å². The third-order valence-corrected chi connectivity index (χ3v) is 2.26. The van der Waals surface area contributed by atoms with Crippen LogP contribution in [0, 0.1) is 5.82 Å². The molecule has 0 atom stereocenters. The van der Waals surface area contributed by atoms with E-state index in [9.17, 15) is 9.18 Å². The van der Waals surface area contributed by atoms with Crippen LogP contribution < -0.4 is 10.5 Å². The Morgan fingerprint density at radius 1 is 1.61 bits per heavy atom. The summed E-state index contributed by atoms with van der Waals surface area (Å²) in [5, 5.41) is 8.57. The molecular formula is C11H11ClFNO4. The second kappa shape index (κ2) is 6.11. The van der Waals surface area contributed by atoms with Gasteiger partial charge in [0.25, 0.3) is 0 Å². The summed E-state index contributed by atoms with van der Waals surface area (Å²) in [4.78, 5) is 10.4. The first-order valence-electron chi connectivity index (χ1n) is 4.79. The molecule has 18 heavy (non-hydrogen) atoms. The average Bonchev–Trinajstić information content (AvgIpc) is 2.29. The minimum absolute atomic E-state index is 0.0347. The van der Waals surface area contributed by atoms with Crippen molar-refractivity contribution in [2.24, 2.45) is 0 Å². The molecule has 7 heteroatoms. The minimum Gasteiger partial charge on any atom is -0.497 e. The van der Waals surface area contributed by atoms with Gasteiger partial charge in [0.2, 0.25) is 0 Å². The fourth-order valence-electron chi connectivity index (χ4n) is 1.10. The number of benzene rings is 1. The van der Waals surface area contributed by atoms with Crippen molar-refractivity contribution in [1.29, 1.82) is 0 Å². The zero-order valence-corrected chi connectivity index (χ0v) is 10.2. The van der Waals surface area contributed by atoms with Crippen LogP contribution in [0.1, 0.15) is 0 Å². The summed E-state index contributed by atoms with van der Waals surface area (Å²) in [6.45, 7) is -0.159. The molecule has 0 aliphatic heterocycles. The summed E-state index contributed by atoms with van der Waals surface area (Å²) in [7, 11) is 1.30. The number of anilines is 1. The number of halogens is 2. The van der Waals surface area contributed by atoms with Gasteiger partial charge in [-0.25, -0.2) is 9.18 Å². The van der Waals surface area contributed by atoms with E-state index in [1.807, 2.05) is 0 Å². The summed E-state index contributed by atoms with van der Waals surface area (Å²) in [6.07, 6.45) is 0.848. The molecule has 0 unspecified atom stereocenters. The third-order valence-electron chi connectivity index (χ3n) is 1.97. The lowest BCUT2D eigenvalue weighted by molar-refractivity contribution is -0.131. The molecule has 1 aromatic carbocycles. The van der Waals surface area contributed by atoms with E-state index >= 15 is 0 Å². The molecule has 0 aromatic heterocycles. The molecule has 0 radical (unpaired) electrons. The zero-order chi connectivity index (χ0) is 13.7. The Morgan fingerprint density at radius 3 is 2.83 bits per heavy atom. The topological polar surface area (TPSA) is 81.8 Å². The highest BCUT2D eigenvalue weighted by Gasteiger charge is 2.09. The Labute approximate surface area is 108 Å². The quantitative estimate of drug-likeness (QED) is 0.488. The number of nitrogen functional groups attached to an aromatic ring is 1. The summed E-state index contributed by atoms with van der Waals surface area (Å²) >= 11 is 5.74. The van der Waals surface area contributed by atoms with Crippen molar-refractivity contribution in [3.8, 4) is 5.75 Å². The van der Waals surface area contributed by atoms with Crippen LogP contribution in [0.5, 0.6) is 5.75 Å². The van der Waals surface area contributed by atoms with Gasteiger partial charge in [-0.2, -0.15) is 0 Å². The van der Waals surface area contributed by atoms with Gasteiger partial charge in [-0.1, -0.05) is 11.6 Å². The maximum Gasteiger partial charge on any atom is 0.331 e. The van der Waals surface area contributed by atoms with E-state index in [1.165, 1.54) is 13.2 Å². The first kappa shape index (κ1) is 14.1. The van der Waals surface area contributed by atoms with Gasteiger partial charge in [0.05, 0.1) is 23.9 Å². The first-order valence-corrected chi connectivity index (χ1v) is 5.16. The molecule has 0 aliphatic rings. The van der Waals surface area contributed by atoms with Crippen LogP contribution in [0.15, 0.2) is 24.0 Å². The molecule has 0 heterocycles. The van der Waals surface area contributed by atoms with Crippen molar-refractivity contribution < 1.29 is 23.8 Å². The van der Waals surface area contributed by atoms with Crippen LogP contribution in [0.4, 0.5) is 10.1 Å². The van der Waals surface area contributed by atoms with E-state index in [1.54, 1.807) is 0 Å². The first-order chi connectivity index (χ1) is 8.43. The number of nitrogens with two attached hydrogens (primary N) is 1. The number of hydrogen-bond donors (Lipinski definition) is 2. The number of aliphatic carboxylic acids is 1. The van der Waals surface area contributed by atoms with Gasteiger partial charge >= 0.3 is 5.97 Å². The smallest absolute Gasteiger partial charge is 0.331 e. The van der Waals surface area contributed by atoms with Crippen LogP contribution in [0.25, 0.3) is 0 Å². The van der Waals surface area contributed by atoms with Crippen molar-refractivity contribution in [2.75, 3.05) is 19.5 Å². The van der Waals surface area contributed by atoms with Crippen molar-refractivity contribution >= 4 is 23.3 Å². The molecule has 0 spiro atoms. The molecule has 0 bridgehead atoms. The second-order valence-electron chi connectivity index (χ2n) is 3.25. The van der Waals surface area contributed by atoms with Gasteiger partial charge in [-0.15, -0.1) is 0 Å². The molecule has 98 valence electrons. The number of rotatable bonds is 5. The Balaban J connectivity index is 2.80. The lowest BCUT2D eigenvalue weighted by Gasteiger charge is -2.10. The van der Waals surface area contributed by atoms with Crippen molar-refractivity contribution in [3.63, 3.8) is 0 Å². The van der Waals surface area contributed by atoms with Crippen molar-refractivity contribution in [2.45, 2.75) is 0 Å². The fraction of sp³-hybridized carbons (Fsp3) is 0.182. The Hall–Kier alpha value is -1.95. The number of hydrogen-bond acceptors (Lipinski definition) is 4. The van der Waals surface area contributed by atoms with E-state index < -0.39 is 11.8 Å². The van der Waals surface area contributed by atoms with Crippen LogP contribution in [0.3, 0.4) is 0 Å². The average molecular weight is 276 g/mol. The van der Waals surface area contributed by atoms with Crippen LogP contribution in [-0.2, 0) is 9.53 Å². The van der Waals surface area contributed by atoms with E-state index in [0.29, 0.717) is 0 Å². The molecule has 0 fully saturated rings. The van der Waals surface area contributed by atoms with Gasteiger partial charge < -0.3 is 20.3 Å². The number of carboxylic acid groups (broad SMARTS) is 1. The number of methoxy groups -OCH3 is 1. The Bertz CT molecular complexity index is 490. The summed E-state index contributed by atoms with van der Waals surface area (Å²) in [6, 6.07) is 2.23. The third kappa shape index (κ3) is 3.81. The van der Waals surface area contributed by atoms with Crippen LogP contribution in [0.2, 0.25) is 5.02 Å². The van der Waals surface area contributed by atoms with Gasteiger partial charge in [0, 0.05) is 6.07 Å². The zero-order valence-electron chi connectivity index (χ0n) is 9.44. The normalized spacial score (nSPS) is 11.2. The summed E-state index contributed by atoms with van der Waals surface area (Å²) in [5.74, 6) is -1.59. The molecule has 1 aromatic rings. The van der Waals surface area contributed by atoms with Crippen LogP contribution in [-0.4, -0.2) is 24.8 Å². The van der Waals surface area contributed by atoms with E-state index in [-0.39, 0.29) is 28.8 Å². The van der Waals surface area contributed by atoms with Gasteiger partial charge in [0.1, 0.15) is 23.9 Å². The maximum atomic E-state index is 13.0. The Kier molecular flexibility index (Phi) is 4.79. The molecular weight excluding hydrogens is 265 g/mol. The number of carbonyl (C=O) groups is 1. The fourth-order valence-corrected chi connectivity index (χ4v) is 1.31. The van der Waals surface area contributed by atoms with E-state index in [4.69, 9.17) is 31.9 Å². The minimum atomic E-state index is -1.17. The lowest BCUT2D eigenvalue weighted by atomic mass is 10.3. The largest absolute Gasteiger partial charge is 0.497 e. The van der Waals surface area contributed by atoms with Gasteiger partial charge in [0.15, 0.2) is 0 Å². The SMILES string of the molecule is CO/C(=C/C(=O)O)COc1cc(N)c(F)cc1Cl. The lowest BCUT2D eigenvalue weighted by Crippen LogP contribution is -2.06. The predicted molar refractivity (Wildman–Crippen MR) is 64.0 cm³/mol. The van der Waals surface area contributed by atoms with Crippen LogP contribution >= 0.6 is 11.6 Å². The molecule has 0 aliphatic carbocycles. The standard InChI is InChI=1S/C11H11ClFNO4/c1-17-6(2-11(15)16)5-18-10-4-9(14)8(13)3-7(10)12/h2-4H,5,14H2,1H3,(H,15,16)/b6-2+. The number of carboxylic acids is 1. The molecule has 0 amide bonds. The van der Waals surface area contributed by atoms with Crippen molar-refractivity contribution in [3.05, 3.63) is 34.8 Å². The highest BCUT2D eigenvalue weighted by Crippen LogP contribution is 2.29. The van der Waals surface area contributed by atoms with Gasteiger partial charge in [-0.05, 0) is 6.07 Å². The molecule has 0 saturated heterocycles. The molecule has 0 saturated carbocycles. The molecule has 5 nitrogen and oxygen atoms in total. The maximum absolute atomic E-state index is 13.0. The van der Waals surface area contributed by atoms with E-state index in [2.05, 4.69) is 0 Å². The van der Waals surface area contributed by atoms with Crippen molar-refractivity contribution in [1.82, 2.24) is 0 Å². The second-order valence-corrected chi connectivity index (χ2v) is 3.65. The molecule has 3 N–H and O–H groups in total. The Morgan fingerprint density at radius 2 is 2.28 bits per heavy atom. The predicted octanol–water partition coefficient (Wildman–Crippen LogP) is 2.05. The highest BCUT2D eigenvalue weighted by molar-refractivity contribution is 6.32. The highest BCUT2D eigenvalue weighted by atomic mass is 35.5. The summed E-state index contributed by atoms with van der Waals surface area (Å²) < 4.78 is 23.0. The number of ether oxygens (including phenoxy) is 2. The van der Waals surface area contributed by atoms with Gasteiger partial charge in [-0.3, -0.25) is 0 Å².